The fourth-order valence-electron chi connectivity index (χ4n) is 12.3. The smallest absolute Gasteiger partial charge is 0.306 e. The van der Waals surface area contributed by atoms with E-state index in [0.29, 0.717) is 17.3 Å². The third-order valence-electron chi connectivity index (χ3n) is 15.5. The summed E-state index contributed by atoms with van der Waals surface area (Å²) < 4.78 is 6.15. The van der Waals surface area contributed by atoms with Crippen molar-refractivity contribution in [2.75, 3.05) is 0 Å². The van der Waals surface area contributed by atoms with Gasteiger partial charge < -0.3 is 4.74 Å². The van der Waals surface area contributed by atoms with E-state index in [1.54, 1.807) is 5.57 Å². The summed E-state index contributed by atoms with van der Waals surface area (Å²) in [6.07, 6.45) is 44.3. The van der Waals surface area contributed by atoms with Gasteiger partial charge in [-0.3, -0.25) is 4.79 Å². The van der Waals surface area contributed by atoms with Gasteiger partial charge in [0.25, 0.3) is 0 Å². The highest BCUT2D eigenvalue weighted by molar-refractivity contribution is 5.69. The summed E-state index contributed by atoms with van der Waals surface area (Å²) in [6.45, 7) is 15.0. The lowest BCUT2D eigenvalue weighted by molar-refractivity contribution is -0.151. The highest BCUT2D eigenvalue weighted by Crippen LogP contribution is 2.67. The number of unbranched alkanes of at least 4 members (excludes halogenated alkanes) is 18. The van der Waals surface area contributed by atoms with E-state index in [1.165, 1.54) is 173 Å². The molecule has 0 spiro atoms. The van der Waals surface area contributed by atoms with Gasteiger partial charge in [0.15, 0.2) is 0 Å². The molecule has 296 valence electrons. The van der Waals surface area contributed by atoms with Crippen molar-refractivity contribution in [3.63, 3.8) is 0 Å². The highest BCUT2D eigenvalue weighted by atomic mass is 16.5. The van der Waals surface area contributed by atoms with Gasteiger partial charge in [-0.25, -0.2) is 0 Å². The molecule has 0 aromatic heterocycles. The zero-order valence-electron chi connectivity index (χ0n) is 35.4. The van der Waals surface area contributed by atoms with Crippen LogP contribution in [0, 0.1) is 46.3 Å². The summed E-state index contributed by atoms with van der Waals surface area (Å²) in [5.74, 6) is 5.34. The van der Waals surface area contributed by atoms with Crippen LogP contribution in [0.4, 0.5) is 0 Å². The van der Waals surface area contributed by atoms with Gasteiger partial charge in [0, 0.05) is 12.8 Å². The normalized spacial score (nSPS) is 30.8. The van der Waals surface area contributed by atoms with Crippen molar-refractivity contribution >= 4 is 5.97 Å². The second kappa shape index (κ2) is 22.6. The van der Waals surface area contributed by atoms with Gasteiger partial charge in [0.05, 0.1) is 0 Å². The summed E-state index contributed by atoms with van der Waals surface area (Å²) in [6, 6.07) is 0. The van der Waals surface area contributed by atoms with Gasteiger partial charge in [-0.15, -0.1) is 0 Å². The summed E-state index contributed by atoms with van der Waals surface area (Å²) >= 11 is 0. The Morgan fingerprint density at radius 3 is 1.82 bits per heavy atom. The van der Waals surface area contributed by atoms with Gasteiger partial charge >= 0.3 is 5.97 Å². The molecule has 0 saturated heterocycles. The maximum atomic E-state index is 12.9. The lowest BCUT2D eigenvalue weighted by Gasteiger charge is -2.58. The molecule has 4 rings (SSSR count). The molecule has 0 aromatic rings. The molecule has 0 radical (unpaired) electrons. The number of carbonyl (C=O) groups is 1. The third kappa shape index (κ3) is 12.9. The van der Waals surface area contributed by atoms with E-state index in [-0.39, 0.29) is 12.1 Å². The Labute approximate surface area is 319 Å². The number of fused-ring (bicyclic) bond motifs is 5. The van der Waals surface area contributed by atoms with Crippen LogP contribution in [0.5, 0.6) is 0 Å². The molecule has 2 nitrogen and oxygen atoms in total. The zero-order chi connectivity index (χ0) is 36.5. The first-order valence-corrected chi connectivity index (χ1v) is 23.6. The van der Waals surface area contributed by atoms with Crippen LogP contribution in [-0.2, 0) is 9.53 Å². The van der Waals surface area contributed by atoms with E-state index >= 15 is 0 Å². The lowest BCUT2D eigenvalue weighted by Crippen LogP contribution is -2.51. The number of ether oxygens (including phenoxy) is 1. The molecular weight excluding hydrogens is 621 g/mol. The summed E-state index contributed by atoms with van der Waals surface area (Å²) in [7, 11) is 0. The minimum absolute atomic E-state index is 0.0674. The molecule has 0 aliphatic heterocycles. The maximum Gasteiger partial charge on any atom is 0.306 e. The zero-order valence-corrected chi connectivity index (χ0v) is 35.4. The second-order valence-electron chi connectivity index (χ2n) is 19.8. The topological polar surface area (TPSA) is 26.3 Å². The van der Waals surface area contributed by atoms with E-state index in [1.807, 2.05) is 0 Å². The molecule has 0 N–H and O–H groups in total. The SMILES string of the molecule is CCCCCCCCCCCCCCCCCCCCCC(=O)OC1CC[C@@]2(C)C(=CC[C@H]3[C@@H]4CC[C@H]([C@H](C)CCCC(C)C)[C@@]4(C)CC[C@@H]32)C1. The predicted molar refractivity (Wildman–Crippen MR) is 221 cm³/mol. The second-order valence-corrected chi connectivity index (χ2v) is 19.8. The first-order valence-electron chi connectivity index (χ1n) is 23.6. The summed E-state index contributed by atoms with van der Waals surface area (Å²) in [4.78, 5) is 12.9. The Balaban J connectivity index is 1.03. The van der Waals surface area contributed by atoms with E-state index in [9.17, 15) is 4.79 Å². The Hall–Kier alpha value is -0.790. The van der Waals surface area contributed by atoms with Crippen LogP contribution in [0.1, 0.15) is 241 Å². The minimum Gasteiger partial charge on any atom is -0.462 e. The van der Waals surface area contributed by atoms with E-state index < -0.39 is 0 Å². The number of allylic oxidation sites excluding steroid dienone is 1. The minimum atomic E-state index is 0.0674. The van der Waals surface area contributed by atoms with Crippen LogP contribution in [0.3, 0.4) is 0 Å². The van der Waals surface area contributed by atoms with Crippen LogP contribution >= 0.6 is 0 Å². The molecule has 0 heterocycles. The first kappa shape index (κ1) is 42.9. The van der Waals surface area contributed by atoms with Crippen molar-refractivity contribution in [3.05, 3.63) is 11.6 Å². The van der Waals surface area contributed by atoms with Crippen LogP contribution in [0.25, 0.3) is 0 Å². The van der Waals surface area contributed by atoms with Gasteiger partial charge in [-0.2, -0.15) is 0 Å². The van der Waals surface area contributed by atoms with Gasteiger partial charge in [0.1, 0.15) is 6.10 Å². The number of hydrogen-bond acceptors (Lipinski definition) is 2. The van der Waals surface area contributed by atoms with E-state index in [4.69, 9.17) is 4.74 Å². The molecule has 8 atom stereocenters. The first-order chi connectivity index (χ1) is 24.7. The Kier molecular flexibility index (Phi) is 19.0. The third-order valence-corrected chi connectivity index (χ3v) is 15.5. The maximum absolute atomic E-state index is 12.9. The highest BCUT2D eigenvalue weighted by Gasteiger charge is 2.59. The molecular formula is C49H88O2. The molecule has 0 aromatic carbocycles. The van der Waals surface area contributed by atoms with Gasteiger partial charge in [0.2, 0.25) is 0 Å². The Bertz CT molecular complexity index is 996. The van der Waals surface area contributed by atoms with Crippen LogP contribution in [0.15, 0.2) is 11.6 Å². The molecule has 3 fully saturated rings. The number of rotatable bonds is 26. The average molecular weight is 709 g/mol. The van der Waals surface area contributed by atoms with Gasteiger partial charge in [-0.1, -0.05) is 188 Å². The van der Waals surface area contributed by atoms with Crippen LogP contribution in [-0.4, -0.2) is 12.1 Å². The predicted octanol–water partition coefficient (Wildman–Crippen LogP) is 15.8. The fraction of sp³-hybridized carbons (Fsp3) is 0.939. The summed E-state index contributed by atoms with van der Waals surface area (Å²) in [5.41, 5.74) is 2.54. The molecule has 0 amide bonds. The van der Waals surface area contributed by atoms with Crippen LogP contribution < -0.4 is 0 Å². The van der Waals surface area contributed by atoms with E-state index in [2.05, 4.69) is 47.6 Å². The quantitative estimate of drug-likeness (QED) is 0.0508. The number of esters is 1. The summed E-state index contributed by atoms with van der Waals surface area (Å²) in [5, 5.41) is 0. The van der Waals surface area contributed by atoms with Crippen molar-refractivity contribution in [2.24, 2.45) is 46.3 Å². The number of carbonyl (C=O) groups excluding carboxylic acids is 1. The molecule has 0 bridgehead atoms. The van der Waals surface area contributed by atoms with Crippen molar-refractivity contribution in [2.45, 2.75) is 247 Å². The molecule has 4 aliphatic carbocycles. The van der Waals surface area contributed by atoms with Crippen molar-refractivity contribution in [1.29, 1.82) is 0 Å². The lowest BCUT2D eigenvalue weighted by atomic mass is 9.47. The fourth-order valence-corrected chi connectivity index (χ4v) is 12.3. The Morgan fingerprint density at radius 2 is 1.25 bits per heavy atom. The molecule has 4 aliphatic rings. The van der Waals surface area contributed by atoms with Crippen molar-refractivity contribution < 1.29 is 9.53 Å². The molecule has 1 unspecified atom stereocenters. The Morgan fingerprint density at radius 1 is 0.686 bits per heavy atom. The largest absolute Gasteiger partial charge is 0.462 e. The monoisotopic (exact) mass is 709 g/mol. The molecule has 51 heavy (non-hydrogen) atoms. The van der Waals surface area contributed by atoms with Crippen molar-refractivity contribution in [1.82, 2.24) is 0 Å². The van der Waals surface area contributed by atoms with Gasteiger partial charge in [-0.05, 0) is 97.7 Å². The standard InChI is InChI=1S/C49H88O2/c1-7-8-9-10-11-12-13-14-15-16-17-18-19-20-21-22-23-24-25-29-47(50)51-42-34-36-48(5)41(38-42)30-31-43-45-33-32-44(40(4)28-26-27-39(2)3)49(45,6)37-35-46(43)48/h30,39-40,42-46H,7-29,31-38H2,1-6H3/t40-,42?,43+,44-,45+,46+,48+,49-/m1/s1. The molecule has 2 heteroatoms. The van der Waals surface area contributed by atoms with Crippen molar-refractivity contribution in [3.8, 4) is 0 Å². The molecule has 3 saturated carbocycles. The van der Waals surface area contributed by atoms with Crippen LogP contribution in [0.2, 0.25) is 0 Å². The average Bonchev–Trinajstić information content (AvgIpc) is 3.46. The van der Waals surface area contributed by atoms with E-state index in [0.717, 1.165) is 54.8 Å². The number of hydrogen-bond donors (Lipinski definition) is 0.